The van der Waals surface area contributed by atoms with Gasteiger partial charge in [0.15, 0.2) is 0 Å². The van der Waals surface area contributed by atoms with Crippen molar-refractivity contribution in [2.75, 3.05) is 0 Å². The normalized spacial score (nSPS) is 34.5. The minimum Gasteiger partial charge on any atom is -0.360 e. The van der Waals surface area contributed by atoms with E-state index in [-0.39, 0.29) is 18.1 Å². The molecule has 1 heterocycles. The summed E-state index contributed by atoms with van der Waals surface area (Å²) < 4.78 is 5.64. The van der Waals surface area contributed by atoms with Gasteiger partial charge in [0.2, 0.25) is 0 Å². The largest absolute Gasteiger partial charge is 0.360 e. The van der Waals surface area contributed by atoms with Gasteiger partial charge in [0, 0.05) is 0 Å². The summed E-state index contributed by atoms with van der Waals surface area (Å²) in [7, 11) is 0. The third kappa shape index (κ3) is 1.61. The summed E-state index contributed by atoms with van der Waals surface area (Å²) in [5, 5.41) is 2.91. The molecule has 0 aromatic rings. The molecule has 2 atom stereocenters. The van der Waals surface area contributed by atoms with Crippen LogP contribution in [0.2, 0.25) is 0 Å². The van der Waals surface area contributed by atoms with Crippen molar-refractivity contribution in [2.24, 2.45) is 0 Å². The molecule has 0 saturated carbocycles. The number of hydrogen-bond donors (Lipinski definition) is 1. The van der Waals surface area contributed by atoms with Crippen molar-refractivity contribution < 1.29 is 9.53 Å². The highest BCUT2D eigenvalue weighted by Crippen LogP contribution is 2.21. The maximum atomic E-state index is 11.4. The quantitative estimate of drug-likeness (QED) is 0.641. The van der Waals surface area contributed by atoms with Crippen LogP contribution in [0.5, 0.6) is 0 Å². The van der Waals surface area contributed by atoms with Gasteiger partial charge in [-0.25, -0.2) is 0 Å². The molecule has 0 spiro atoms. The fraction of sp³-hybridized carbons (Fsp3) is 0.889. The van der Waals surface area contributed by atoms with E-state index in [1.165, 1.54) is 0 Å². The van der Waals surface area contributed by atoms with Gasteiger partial charge in [0.05, 0.1) is 12.1 Å². The number of rotatable bonds is 1. The zero-order valence-corrected chi connectivity index (χ0v) is 8.18. The summed E-state index contributed by atoms with van der Waals surface area (Å²) in [5.41, 5.74) is -0.660. The molecule has 1 rings (SSSR count). The average Bonchev–Trinajstić information content (AvgIpc) is 1.97. The first-order valence-electron chi connectivity index (χ1n) is 4.46. The number of morpholine rings is 1. The molecule has 1 unspecified atom stereocenters. The van der Waals surface area contributed by atoms with Gasteiger partial charge in [-0.3, -0.25) is 4.79 Å². The van der Waals surface area contributed by atoms with Gasteiger partial charge in [-0.1, -0.05) is 6.92 Å². The Morgan fingerprint density at radius 2 is 2.17 bits per heavy atom. The highest BCUT2D eigenvalue weighted by Gasteiger charge is 2.38. The van der Waals surface area contributed by atoms with Crippen molar-refractivity contribution in [1.29, 1.82) is 0 Å². The molecule has 0 bridgehead atoms. The Morgan fingerprint density at radius 1 is 1.58 bits per heavy atom. The van der Waals surface area contributed by atoms with Crippen LogP contribution in [0, 0.1) is 0 Å². The van der Waals surface area contributed by atoms with Crippen LogP contribution in [0.4, 0.5) is 0 Å². The molecule has 70 valence electrons. The second-order valence-corrected chi connectivity index (χ2v) is 3.84. The van der Waals surface area contributed by atoms with E-state index in [4.69, 9.17) is 4.74 Å². The standard InChI is InChI=1S/C9H17NO2/c1-5-7-6(2)10-8(11)9(3,4)12-7/h6-7H,5H2,1-4H3,(H,10,11)/t6-,7?/m1/s1. The Bertz CT molecular complexity index is 189. The van der Waals surface area contributed by atoms with Crippen LogP contribution in [-0.4, -0.2) is 23.7 Å². The van der Waals surface area contributed by atoms with Crippen LogP contribution in [0.3, 0.4) is 0 Å². The van der Waals surface area contributed by atoms with Crippen LogP contribution >= 0.6 is 0 Å². The maximum absolute atomic E-state index is 11.4. The average molecular weight is 171 g/mol. The molecular formula is C9H17NO2. The van der Waals surface area contributed by atoms with E-state index in [2.05, 4.69) is 12.2 Å². The summed E-state index contributed by atoms with van der Waals surface area (Å²) in [6.45, 7) is 7.64. The predicted molar refractivity (Wildman–Crippen MR) is 46.8 cm³/mol. The molecule has 0 aromatic carbocycles. The first-order valence-corrected chi connectivity index (χ1v) is 4.46. The lowest BCUT2D eigenvalue weighted by molar-refractivity contribution is -0.165. The molecule has 3 heteroatoms. The molecular weight excluding hydrogens is 154 g/mol. The van der Waals surface area contributed by atoms with Gasteiger partial charge in [0.1, 0.15) is 5.60 Å². The second kappa shape index (κ2) is 3.05. The number of hydrogen-bond acceptors (Lipinski definition) is 2. The molecule has 1 fully saturated rings. The van der Waals surface area contributed by atoms with Crippen molar-refractivity contribution in [2.45, 2.75) is 51.9 Å². The van der Waals surface area contributed by atoms with Crippen molar-refractivity contribution in [3.8, 4) is 0 Å². The third-order valence-corrected chi connectivity index (χ3v) is 2.31. The van der Waals surface area contributed by atoms with E-state index >= 15 is 0 Å². The van der Waals surface area contributed by atoms with E-state index in [1.54, 1.807) is 13.8 Å². The summed E-state index contributed by atoms with van der Waals surface area (Å²) in [4.78, 5) is 11.4. The van der Waals surface area contributed by atoms with Crippen LogP contribution in [0.1, 0.15) is 34.1 Å². The Balaban J connectivity index is 2.70. The minimum absolute atomic E-state index is 0.0142. The van der Waals surface area contributed by atoms with Crippen LogP contribution in [0.15, 0.2) is 0 Å². The summed E-state index contributed by atoms with van der Waals surface area (Å²) >= 11 is 0. The third-order valence-electron chi connectivity index (χ3n) is 2.31. The van der Waals surface area contributed by atoms with Gasteiger partial charge >= 0.3 is 0 Å². The first kappa shape index (κ1) is 9.52. The molecule has 3 nitrogen and oxygen atoms in total. The van der Waals surface area contributed by atoms with Crippen molar-refractivity contribution in [3.63, 3.8) is 0 Å². The molecule has 1 amide bonds. The number of ether oxygens (including phenoxy) is 1. The fourth-order valence-electron chi connectivity index (χ4n) is 1.44. The Kier molecular flexibility index (Phi) is 2.42. The van der Waals surface area contributed by atoms with Gasteiger partial charge in [-0.2, -0.15) is 0 Å². The lowest BCUT2D eigenvalue weighted by Gasteiger charge is -2.39. The number of carbonyl (C=O) groups excluding carboxylic acids is 1. The topological polar surface area (TPSA) is 38.3 Å². The smallest absolute Gasteiger partial charge is 0.251 e. The lowest BCUT2D eigenvalue weighted by atomic mass is 10.0. The van der Waals surface area contributed by atoms with Gasteiger partial charge in [0.25, 0.3) is 5.91 Å². The molecule has 12 heavy (non-hydrogen) atoms. The van der Waals surface area contributed by atoms with Crippen molar-refractivity contribution in [3.05, 3.63) is 0 Å². The lowest BCUT2D eigenvalue weighted by Crippen LogP contribution is -2.59. The van der Waals surface area contributed by atoms with Crippen LogP contribution in [0.25, 0.3) is 0 Å². The summed E-state index contributed by atoms with van der Waals surface area (Å²) in [6.07, 6.45) is 1.09. The maximum Gasteiger partial charge on any atom is 0.251 e. The zero-order valence-electron chi connectivity index (χ0n) is 8.18. The molecule has 1 aliphatic rings. The highest BCUT2D eigenvalue weighted by atomic mass is 16.5. The number of nitrogens with one attached hydrogen (secondary N) is 1. The van der Waals surface area contributed by atoms with Gasteiger partial charge in [-0.05, 0) is 27.2 Å². The SMILES string of the molecule is CCC1OC(C)(C)C(=O)N[C@@H]1C. The molecule has 1 aliphatic heterocycles. The van der Waals surface area contributed by atoms with E-state index < -0.39 is 5.60 Å². The van der Waals surface area contributed by atoms with Crippen molar-refractivity contribution >= 4 is 5.91 Å². The molecule has 0 aliphatic carbocycles. The van der Waals surface area contributed by atoms with E-state index in [1.807, 2.05) is 6.92 Å². The summed E-state index contributed by atoms with van der Waals surface area (Å²) in [5.74, 6) is -0.0142. The number of carbonyl (C=O) groups is 1. The minimum atomic E-state index is -0.660. The highest BCUT2D eigenvalue weighted by molar-refractivity contribution is 5.85. The van der Waals surface area contributed by atoms with E-state index in [9.17, 15) is 4.79 Å². The molecule has 1 saturated heterocycles. The zero-order chi connectivity index (χ0) is 9.35. The molecule has 1 N–H and O–H groups in total. The van der Waals surface area contributed by atoms with Crippen molar-refractivity contribution in [1.82, 2.24) is 5.32 Å². The Labute approximate surface area is 73.5 Å². The monoisotopic (exact) mass is 171 g/mol. The second-order valence-electron chi connectivity index (χ2n) is 3.84. The summed E-state index contributed by atoms with van der Waals surface area (Å²) in [6, 6.07) is 0.135. The van der Waals surface area contributed by atoms with Gasteiger partial charge in [-0.15, -0.1) is 0 Å². The van der Waals surface area contributed by atoms with Crippen LogP contribution in [-0.2, 0) is 9.53 Å². The first-order chi connectivity index (χ1) is 5.47. The Hall–Kier alpha value is -0.570. The van der Waals surface area contributed by atoms with Crippen LogP contribution < -0.4 is 5.32 Å². The fourth-order valence-corrected chi connectivity index (χ4v) is 1.44. The van der Waals surface area contributed by atoms with E-state index in [0.717, 1.165) is 6.42 Å². The molecule has 0 aromatic heterocycles. The van der Waals surface area contributed by atoms with E-state index in [0.29, 0.717) is 0 Å². The Morgan fingerprint density at radius 3 is 2.67 bits per heavy atom. The predicted octanol–water partition coefficient (Wildman–Crippen LogP) is 1.08. The number of amides is 1. The van der Waals surface area contributed by atoms with Gasteiger partial charge < -0.3 is 10.1 Å². The molecule has 0 radical (unpaired) electrons.